The maximum absolute atomic E-state index is 13.8. The zero-order valence-electron chi connectivity index (χ0n) is 57.4. The van der Waals surface area contributed by atoms with Gasteiger partial charge in [0, 0.05) is 129 Å². The van der Waals surface area contributed by atoms with Gasteiger partial charge in [0.25, 0.3) is 27.1 Å². The SMILES string of the molecule is Cc1cc(OCCCC(=O)NCCCOCCOCCOCCCNC(=O)[C@@H](Cc2ccc(OS(O)(O)O)cc2)NC(=O)CN2CCN(CC(=O)O)CCN(CC(=O)O)CCN(CC(=O)O)CC2)cc(C)c1S(=O)(=O)/N=C(\CNC(=O)c1cn(C)c2cc(CNc3ncc[nH]3)ccc2c1=O)C(=O)O. The van der Waals surface area contributed by atoms with Crippen LogP contribution in [-0.4, -0.2) is 280 Å². The zero-order valence-corrected chi connectivity index (χ0v) is 59.0. The topological polar surface area (TPSA) is 495 Å². The number of nitrogens with one attached hydrogen (secondary N) is 6. The average Bonchev–Trinajstić information content (AvgIpc) is 0.983. The van der Waals surface area contributed by atoms with Crippen LogP contribution in [0, 0.1) is 13.8 Å². The van der Waals surface area contributed by atoms with Gasteiger partial charge in [0.2, 0.25) is 23.2 Å². The van der Waals surface area contributed by atoms with E-state index in [1.807, 2.05) is 0 Å². The van der Waals surface area contributed by atoms with Gasteiger partial charge in [-0.3, -0.25) is 71.6 Å². The van der Waals surface area contributed by atoms with Crippen LogP contribution in [-0.2, 0) is 77.8 Å². The molecule has 2 aromatic heterocycles. The van der Waals surface area contributed by atoms with Crippen molar-refractivity contribution in [3.63, 3.8) is 0 Å². The van der Waals surface area contributed by atoms with Crippen molar-refractivity contribution in [3.8, 4) is 11.5 Å². The van der Waals surface area contributed by atoms with Gasteiger partial charge in [0.15, 0.2) is 11.7 Å². The number of anilines is 1. The summed E-state index contributed by atoms with van der Waals surface area (Å²) in [5.41, 5.74) is 0.462. The first-order valence-electron chi connectivity index (χ1n) is 32.9. The van der Waals surface area contributed by atoms with Crippen LogP contribution in [0.4, 0.5) is 5.95 Å². The van der Waals surface area contributed by atoms with E-state index in [9.17, 15) is 85.7 Å². The first-order chi connectivity index (χ1) is 49.0. The van der Waals surface area contributed by atoms with Crippen LogP contribution in [0.15, 0.2) is 87.3 Å². The second kappa shape index (κ2) is 41.8. The summed E-state index contributed by atoms with van der Waals surface area (Å²) in [6.45, 7) is 4.84. The standard InChI is InChI=1S/C65H91N13O23S2/c1-44-33-49(34-45(2)61(44)102(92,93)73-53(64(90)91)38-70-62(88)51-39-74(3)54-36-47(10-13-50(54)60(51)87)37-71-65-68-16-17-69-65)100-28-4-7-55(79)66-14-5-26-97-29-31-99-32-30-98-27-6-15-67-63(89)52(35-46-8-11-48(12-9-46)101-103(94,95)96)72-56(80)40-75-18-20-76(41-57(81)82)22-24-78(43-59(85)86)25-23-77(21-19-75)42-58(83)84/h8-13,16-17,33-34,36,39,52,94-96H,4-7,14-15,18-32,35,37-38,40-43H2,1-3H3,(H,66,79)(H,67,89)(H,70,88)(H,72,80)(H,81,82)(H,83,84)(H,85,86)(H,90,91)(H2,68,69,71)/b73-53+/t52-/m1/s1. The van der Waals surface area contributed by atoms with Gasteiger partial charge in [-0.05, 0) is 91.8 Å². The van der Waals surface area contributed by atoms with Crippen molar-refractivity contribution in [1.82, 2.24) is 55.4 Å². The summed E-state index contributed by atoms with van der Waals surface area (Å²) in [5.74, 6) is -6.53. The number of aryl methyl sites for hydroxylation is 3. The van der Waals surface area contributed by atoms with Crippen molar-refractivity contribution in [2.75, 3.05) is 150 Å². The molecule has 0 aliphatic carbocycles. The molecule has 36 nitrogen and oxygen atoms in total. The van der Waals surface area contributed by atoms with Gasteiger partial charge < -0.3 is 79.7 Å². The molecule has 1 aliphatic heterocycles. The van der Waals surface area contributed by atoms with Gasteiger partial charge in [-0.25, -0.2) is 9.78 Å². The summed E-state index contributed by atoms with van der Waals surface area (Å²) >= 11 is -4.32. The maximum atomic E-state index is 13.8. The summed E-state index contributed by atoms with van der Waals surface area (Å²) in [6, 6.07) is 12.5. The molecular formula is C65H91N13O23S2. The minimum atomic E-state index is -4.65. The number of carbonyl (C=O) groups excluding carboxylic acids is 4. The van der Waals surface area contributed by atoms with Crippen molar-refractivity contribution in [1.29, 1.82) is 0 Å². The molecule has 0 spiro atoms. The van der Waals surface area contributed by atoms with E-state index >= 15 is 0 Å². The highest BCUT2D eigenvalue weighted by Gasteiger charge is 2.28. The van der Waals surface area contributed by atoms with E-state index in [2.05, 4.69) is 40.9 Å². The summed E-state index contributed by atoms with van der Waals surface area (Å²) in [7, 11) is -3.01. The Morgan fingerprint density at radius 2 is 1.17 bits per heavy atom. The highest BCUT2D eigenvalue weighted by molar-refractivity contribution is 8.15. The molecule has 103 heavy (non-hydrogen) atoms. The predicted molar refractivity (Wildman–Crippen MR) is 375 cm³/mol. The number of carbonyl (C=O) groups is 8. The predicted octanol–water partition coefficient (Wildman–Crippen LogP) is 1.08. The molecule has 1 saturated heterocycles. The number of aromatic amines is 1. The van der Waals surface area contributed by atoms with Gasteiger partial charge in [-0.15, -0.1) is 0 Å². The van der Waals surface area contributed by atoms with Crippen LogP contribution in [0.2, 0.25) is 0 Å². The number of ether oxygens (including phenoxy) is 4. The average molecular weight is 1490 g/mol. The van der Waals surface area contributed by atoms with Crippen molar-refractivity contribution in [2.24, 2.45) is 11.4 Å². The number of sulfonamides is 1. The van der Waals surface area contributed by atoms with E-state index in [1.54, 1.807) is 61.8 Å². The normalized spacial score (nSPS) is 14.5. The van der Waals surface area contributed by atoms with Crippen LogP contribution in [0.3, 0.4) is 0 Å². The highest BCUT2D eigenvalue weighted by Crippen LogP contribution is 2.36. The fourth-order valence-corrected chi connectivity index (χ4v) is 12.6. The van der Waals surface area contributed by atoms with Crippen LogP contribution < -0.4 is 40.9 Å². The number of amides is 4. The fourth-order valence-electron chi connectivity index (χ4n) is 10.8. The van der Waals surface area contributed by atoms with Crippen molar-refractivity contribution in [2.45, 2.75) is 63.4 Å². The summed E-state index contributed by atoms with van der Waals surface area (Å²) in [4.78, 5) is 127. The molecule has 3 aromatic carbocycles. The van der Waals surface area contributed by atoms with Crippen molar-refractivity contribution in [3.05, 3.63) is 111 Å². The number of fused-ring (bicyclic) bond motifs is 1. The number of imidazole rings is 1. The van der Waals surface area contributed by atoms with Crippen LogP contribution >= 0.6 is 11.2 Å². The number of aromatic nitrogens is 3. The smallest absolute Gasteiger partial charge is 0.353 e. The number of hydrogen-bond donors (Lipinski definition) is 13. The lowest BCUT2D eigenvalue weighted by Gasteiger charge is -2.33. The number of rotatable bonds is 42. The van der Waals surface area contributed by atoms with E-state index in [-0.39, 0.29) is 176 Å². The number of carboxylic acids is 4. The number of aliphatic carboxylic acids is 4. The number of pyridine rings is 1. The van der Waals surface area contributed by atoms with Crippen molar-refractivity contribution >= 4 is 91.2 Å². The first-order valence-corrected chi connectivity index (χ1v) is 35.7. The van der Waals surface area contributed by atoms with Gasteiger partial charge >= 0.3 is 23.9 Å². The Morgan fingerprint density at radius 3 is 1.70 bits per heavy atom. The summed E-state index contributed by atoms with van der Waals surface area (Å²) < 4.78 is 87.7. The van der Waals surface area contributed by atoms with Gasteiger partial charge in [0.1, 0.15) is 23.1 Å². The molecule has 4 amide bonds. The molecule has 0 bridgehead atoms. The van der Waals surface area contributed by atoms with Gasteiger partial charge in [-0.1, -0.05) is 18.2 Å². The highest BCUT2D eigenvalue weighted by atomic mass is 32.3. The minimum Gasteiger partial charge on any atom is -0.494 e. The largest absolute Gasteiger partial charge is 0.494 e. The number of nitrogens with zero attached hydrogens (tertiary/aromatic N) is 7. The lowest BCUT2D eigenvalue weighted by Crippen LogP contribution is -2.53. The lowest BCUT2D eigenvalue weighted by atomic mass is 10.0. The molecule has 0 radical (unpaired) electrons. The number of hydrogen-bond acceptors (Lipinski definition) is 25. The maximum Gasteiger partial charge on any atom is 0.353 e. The van der Waals surface area contributed by atoms with Crippen LogP contribution in [0.25, 0.3) is 10.9 Å². The van der Waals surface area contributed by atoms with E-state index in [0.717, 1.165) is 5.56 Å². The Bertz CT molecular complexity index is 3820. The molecule has 1 atom stereocenters. The molecule has 0 saturated carbocycles. The Balaban J connectivity index is 0.848. The molecule has 13 N–H and O–H groups in total. The van der Waals surface area contributed by atoms with Crippen LogP contribution in [0.1, 0.15) is 58.3 Å². The zero-order chi connectivity index (χ0) is 75.1. The third-order valence-electron chi connectivity index (χ3n) is 15.8. The van der Waals surface area contributed by atoms with E-state index in [0.29, 0.717) is 61.7 Å². The summed E-state index contributed by atoms with van der Waals surface area (Å²) in [5, 5.41) is 52.7. The molecular weight excluding hydrogens is 1390 g/mol. The van der Waals surface area contributed by atoms with Gasteiger partial charge in [0.05, 0.1) is 76.2 Å². The Kier molecular flexibility index (Phi) is 33.6. The minimum absolute atomic E-state index is 0.0406. The second-order valence-electron chi connectivity index (χ2n) is 24.0. The quantitative estimate of drug-likeness (QED) is 0.0192. The number of H-pyrrole nitrogens is 1. The first kappa shape index (κ1) is 82.8. The Hall–Kier alpha value is -9.19. The molecule has 38 heteroatoms. The molecule has 566 valence electrons. The van der Waals surface area contributed by atoms with E-state index in [1.165, 1.54) is 56.4 Å². The fraction of sp³-hybridized carbons (Fsp3) is 0.492. The molecule has 6 rings (SSSR count). The molecule has 5 aromatic rings. The molecule has 1 fully saturated rings. The third-order valence-corrected chi connectivity index (χ3v) is 17.8. The van der Waals surface area contributed by atoms with E-state index < -0.39 is 86.5 Å². The number of carboxylic acid groups (broad SMARTS) is 4. The van der Waals surface area contributed by atoms with Gasteiger partial charge in [-0.2, -0.15) is 12.8 Å². The summed E-state index contributed by atoms with van der Waals surface area (Å²) in [6.07, 6.45) is 5.89. The third kappa shape index (κ3) is 30.0. The second-order valence-corrected chi connectivity index (χ2v) is 26.6. The molecule has 0 unspecified atom stereocenters. The van der Waals surface area contributed by atoms with E-state index in [4.69, 9.17) is 23.1 Å². The Morgan fingerprint density at radius 1 is 0.641 bits per heavy atom. The Labute approximate surface area is 595 Å². The monoisotopic (exact) mass is 1490 g/mol. The number of benzene rings is 3. The lowest BCUT2D eigenvalue weighted by molar-refractivity contribution is -0.140. The van der Waals surface area contributed by atoms with Crippen molar-refractivity contribution < 1.29 is 104 Å². The molecule has 3 heterocycles. The molecule has 1 aliphatic rings. The van der Waals surface area contributed by atoms with Crippen LogP contribution in [0.5, 0.6) is 11.5 Å².